The van der Waals surface area contributed by atoms with Crippen LogP contribution >= 0.6 is 11.8 Å². The average Bonchev–Trinajstić information content (AvgIpc) is 2.98. The molecule has 1 heterocycles. The Morgan fingerprint density at radius 2 is 2.04 bits per heavy atom. The molecule has 3 N–H and O–H groups in total. The van der Waals surface area contributed by atoms with Crippen molar-refractivity contribution in [1.29, 1.82) is 0 Å². The molecule has 1 fully saturated rings. The summed E-state index contributed by atoms with van der Waals surface area (Å²) in [5.41, 5.74) is -0.215. The van der Waals surface area contributed by atoms with Gasteiger partial charge in [-0.25, -0.2) is 4.79 Å². The lowest BCUT2D eigenvalue weighted by Crippen LogP contribution is -2.52. The number of carboxylic acid groups (broad SMARTS) is 1. The van der Waals surface area contributed by atoms with Gasteiger partial charge in [-0.05, 0) is 38.0 Å². The van der Waals surface area contributed by atoms with Gasteiger partial charge in [0.2, 0.25) is 5.91 Å². The van der Waals surface area contributed by atoms with E-state index < -0.39 is 17.4 Å². The van der Waals surface area contributed by atoms with E-state index in [9.17, 15) is 19.5 Å². The van der Waals surface area contributed by atoms with Crippen molar-refractivity contribution in [3.05, 3.63) is 23.8 Å². The van der Waals surface area contributed by atoms with Crippen LogP contribution in [0.2, 0.25) is 0 Å². The standard InChI is InChI=1S/C16H18N2O4S/c1-9-13(19)17-11-8-10(4-5-12(11)23-9)14(20)18-16(15(21)22)6-2-3-7-16/h4-5,8-9H,2-3,6-7H2,1H3,(H,17,19)(H,18,20)(H,21,22)/t9-/m0/s1. The second-order valence-electron chi connectivity index (χ2n) is 6.01. The Balaban J connectivity index is 1.82. The zero-order valence-corrected chi connectivity index (χ0v) is 13.5. The predicted octanol–water partition coefficient (Wildman–Crippen LogP) is 2.25. The minimum atomic E-state index is -1.17. The van der Waals surface area contributed by atoms with Crippen molar-refractivity contribution in [2.45, 2.75) is 48.3 Å². The number of nitrogens with one attached hydrogen (secondary N) is 2. The number of benzene rings is 1. The van der Waals surface area contributed by atoms with Gasteiger partial charge in [0.05, 0.1) is 10.9 Å². The molecule has 0 bridgehead atoms. The molecular weight excluding hydrogens is 316 g/mol. The maximum absolute atomic E-state index is 12.4. The number of amides is 2. The molecule has 0 aromatic heterocycles. The van der Waals surface area contributed by atoms with Crippen molar-refractivity contribution < 1.29 is 19.5 Å². The van der Waals surface area contributed by atoms with Crippen molar-refractivity contribution >= 4 is 35.2 Å². The number of aliphatic carboxylic acids is 1. The summed E-state index contributed by atoms with van der Waals surface area (Å²) in [6.45, 7) is 1.82. The molecule has 23 heavy (non-hydrogen) atoms. The summed E-state index contributed by atoms with van der Waals surface area (Å²) in [6, 6.07) is 5.05. The van der Waals surface area contributed by atoms with Crippen LogP contribution in [0, 0.1) is 0 Å². The van der Waals surface area contributed by atoms with Gasteiger partial charge in [0.15, 0.2) is 0 Å². The SMILES string of the molecule is C[C@@H]1Sc2ccc(C(=O)NC3(C(=O)O)CCCC3)cc2NC1=O. The molecule has 122 valence electrons. The first-order valence-electron chi connectivity index (χ1n) is 7.59. The normalized spacial score (nSPS) is 22.1. The predicted molar refractivity (Wildman–Crippen MR) is 86.7 cm³/mol. The van der Waals surface area contributed by atoms with Gasteiger partial charge in [-0.2, -0.15) is 0 Å². The van der Waals surface area contributed by atoms with E-state index in [-0.39, 0.29) is 11.2 Å². The van der Waals surface area contributed by atoms with E-state index >= 15 is 0 Å². The van der Waals surface area contributed by atoms with Gasteiger partial charge in [-0.3, -0.25) is 9.59 Å². The van der Waals surface area contributed by atoms with E-state index in [0.29, 0.717) is 24.1 Å². The third-order valence-corrected chi connectivity index (χ3v) is 5.57. The molecule has 0 radical (unpaired) electrons. The number of hydrogen-bond donors (Lipinski definition) is 3. The van der Waals surface area contributed by atoms with E-state index in [4.69, 9.17) is 0 Å². The molecule has 2 amide bonds. The monoisotopic (exact) mass is 334 g/mol. The van der Waals surface area contributed by atoms with Gasteiger partial charge in [-0.1, -0.05) is 12.8 Å². The lowest BCUT2D eigenvalue weighted by Gasteiger charge is -2.26. The highest BCUT2D eigenvalue weighted by Gasteiger charge is 2.42. The fourth-order valence-electron chi connectivity index (χ4n) is 3.01. The molecule has 1 saturated carbocycles. The van der Waals surface area contributed by atoms with E-state index in [1.807, 2.05) is 6.92 Å². The molecule has 6 nitrogen and oxygen atoms in total. The Morgan fingerprint density at radius 3 is 2.70 bits per heavy atom. The second-order valence-corrected chi connectivity index (χ2v) is 7.39. The lowest BCUT2D eigenvalue weighted by atomic mass is 9.97. The topological polar surface area (TPSA) is 95.5 Å². The maximum atomic E-state index is 12.4. The number of carboxylic acids is 1. The summed E-state index contributed by atoms with van der Waals surface area (Å²) >= 11 is 1.44. The van der Waals surface area contributed by atoms with E-state index in [1.54, 1.807) is 18.2 Å². The van der Waals surface area contributed by atoms with Crippen molar-refractivity contribution in [1.82, 2.24) is 5.32 Å². The summed E-state index contributed by atoms with van der Waals surface area (Å²) < 4.78 is 0. The van der Waals surface area contributed by atoms with E-state index in [1.165, 1.54) is 11.8 Å². The van der Waals surface area contributed by atoms with E-state index in [0.717, 1.165) is 17.7 Å². The Kier molecular flexibility index (Phi) is 4.06. The van der Waals surface area contributed by atoms with Crippen LogP contribution in [-0.4, -0.2) is 33.7 Å². The Morgan fingerprint density at radius 1 is 1.35 bits per heavy atom. The van der Waals surface area contributed by atoms with Crippen molar-refractivity contribution in [2.24, 2.45) is 0 Å². The number of anilines is 1. The van der Waals surface area contributed by atoms with Crippen LogP contribution in [0.1, 0.15) is 43.0 Å². The summed E-state index contributed by atoms with van der Waals surface area (Å²) in [4.78, 5) is 36.6. The van der Waals surface area contributed by atoms with Crippen LogP contribution in [0.15, 0.2) is 23.1 Å². The average molecular weight is 334 g/mol. The highest BCUT2D eigenvalue weighted by molar-refractivity contribution is 8.00. The van der Waals surface area contributed by atoms with Crippen LogP contribution in [0.25, 0.3) is 0 Å². The van der Waals surface area contributed by atoms with Crippen LogP contribution in [-0.2, 0) is 9.59 Å². The van der Waals surface area contributed by atoms with Gasteiger partial charge in [0.1, 0.15) is 5.54 Å². The van der Waals surface area contributed by atoms with Crippen molar-refractivity contribution in [3.63, 3.8) is 0 Å². The zero-order chi connectivity index (χ0) is 16.6. The number of hydrogen-bond acceptors (Lipinski definition) is 4. The summed E-state index contributed by atoms with van der Waals surface area (Å²) in [7, 11) is 0. The fourth-order valence-corrected chi connectivity index (χ4v) is 3.94. The number of carbonyl (C=O) groups is 3. The molecular formula is C16H18N2O4S. The highest BCUT2D eigenvalue weighted by Crippen LogP contribution is 2.36. The van der Waals surface area contributed by atoms with Gasteiger partial charge in [-0.15, -0.1) is 11.8 Å². The molecule has 0 saturated heterocycles. The summed E-state index contributed by atoms with van der Waals surface area (Å²) in [5, 5.41) is 14.7. The molecule has 1 aliphatic carbocycles. The molecule has 1 aromatic carbocycles. The van der Waals surface area contributed by atoms with Crippen molar-refractivity contribution in [2.75, 3.05) is 5.32 Å². The summed E-state index contributed by atoms with van der Waals surface area (Å²) in [6.07, 6.45) is 2.48. The molecule has 1 aromatic rings. The highest BCUT2D eigenvalue weighted by atomic mass is 32.2. The number of fused-ring (bicyclic) bond motifs is 1. The van der Waals surface area contributed by atoms with Crippen LogP contribution in [0.3, 0.4) is 0 Å². The largest absolute Gasteiger partial charge is 0.480 e. The Hall–Kier alpha value is -2.02. The molecule has 3 rings (SSSR count). The van der Waals surface area contributed by atoms with Crippen molar-refractivity contribution in [3.8, 4) is 0 Å². The zero-order valence-electron chi connectivity index (χ0n) is 12.7. The minimum absolute atomic E-state index is 0.0992. The first kappa shape index (κ1) is 15.9. The molecule has 0 unspecified atom stereocenters. The number of rotatable bonds is 3. The first-order chi connectivity index (χ1) is 10.9. The number of thioether (sulfide) groups is 1. The second kappa shape index (κ2) is 5.88. The van der Waals surface area contributed by atoms with Crippen LogP contribution in [0.5, 0.6) is 0 Å². The van der Waals surface area contributed by atoms with Crippen LogP contribution < -0.4 is 10.6 Å². The third-order valence-electron chi connectivity index (χ3n) is 4.39. The van der Waals surface area contributed by atoms with Crippen LogP contribution in [0.4, 0.5) is 5.69 Å². The Labute approximate surface area is 138 Å². The summed E-state index contributed by atoms with van der Waals surface area (Å²) in [5.74, 6) is -1.51. The molecule has 7 heteroatoms. The fraction of sp³-hybridized carbons (Fsp3) is 0.438. The Bertz CT molecular complexity index is 683. The molecule has 1 atom stereocenters. The first-order valence-corrected chi connectivity index (χ1v) is 8.47. The smallest absolute Gasteiger partial charge is 0.329 e. The lowest BCUT2D eigenvalue weighted by molar-refractivity contribution is -0.144. The quantitative estimate of drug-likeness (QED) is 0.788. The van der Waals surface area contributed by atoms with Gasteiger partial charge in [0, 0.05) is 10.5 Å². The third kappa shape index (κ3) is 2.93. The molecule has 1 aliphatic heterocycles. The maximum Gasteiger partial charge on any atom is 0.329 e. The molecule has 0 spiro atoms. The molecule has 2 aliphatic rings. The van der Waals surface area contributed by atoms with E-state index in [2.05, 4.69) is 10.6 Å². The minimum Gasteiger partial charge on any atom is -0.480 e. The van der Waals surface area contributed by atoms with Gasteiger partial charge < -0.3 is 15.7 Å². The number of carbonyl (C=O) groups excluding carboxylic acids is 2. The van der Waals surface area contributed by atoms with Gasteiger partial charge >= 0.3 is 5.97 Å². The van der Waals surface area contributed by atoms with Gasteiger partial charge in [0.25, 0.3) is 5.91 Å².